The number of hydrogen-bond donors (Lipinski definition) is 6. The summed E-state index contributed by atoms with van der Waals surface area (Å²) in [5.41, 5.74) is 8.64. The normalized spacial score (nSPS) is 11.4. The van der Waals surface area contributed by atoms with Crippen molar-refractivity contribution in [1.82, 2.24) is 0 Å². The third-order valence-electron chi connectivity index (χ3n) is 9.19. The van der Waals surface area contributed by atoms with Crippen LogP contribution in [0.4, 0.5) is 0 Å². The van der Waals surface area contributed by atoms with Gasteiger partial charge in [0.2, 0.25) is 0 Å². The number of aromatic hydroxyl groups is 6. The first-order valence-corrected chi connectivity index (χ1v) is 16.2. The fourth-order valence-electron chi connectivity index (χ4n) is 6.75. The molecule has 6 rings (SSSR count). The minimum atomic E-state index is -0.673. The predicted molar refractivity (Wildman–Crippen MR) is 192 cm³/mol. The van der Waals surface area contributed by atoms with Gasteiger partial charge in [-0.3, -0.25) is 0 Å². The molecule has 0 saturated heterocycles. The summed E-state index contributed by atoms with van der Waals surface area (Å²) in [4.78, 5) is 0. The van der Waals surface area contributed by atoms with Gasteiger partial charge in [0.15, 0.2) is 0 Å². The maximum absolute atomic E-state index is 11.3. The van der Waals surface area contributed by atoms with Gasteiger partial charge < -0.3 is 30.6 Å². The Labute approximate surface area is 286 Å². The van der Waals surface area contributed by atoms with E-state index in [1.165, 1.54) is 0 Å². The molecule has 0 aromatic heterocycles. The molecule has 0 saturated carbocycles. The molecule has 0 amide bonds. The van der Waals surface area contributed by atoms with Crippen LogP contribution in [0, 0.1) is 27.7 Å². The van der Waals surface area contributed by atoms with Crippen LogP contribution in [0.15, 0.2) is 109 Å². The Bertz CT molecular complexity index is 1930. The van der Waals surface area contributed by atoms with Crippen molar-refractivity contribution in [1.29, 1.82) is 0 Å². The zero-order valence-electron chi connectivity index (χ0n) is 27.9. The van der Waals surface area contributed by atoms with Crippen LogP contribution in [-0.4, -0.2) is 30.6 Å². The van der Waals surface area contributed by atoms with Crippen LogP contribution < -0.4 is 0 Å². The summed E-state index contributed by atoms with van der Waals surface area (Å²) < 4.78 is 0. The van der Waals surface area contributed by atoms with E-state index >= 15 is 0 Å². The van der Waals surface area contributed by atoms with Crippen molar-refractivity contribution in [3.05, 3.63) is 176 Å². The number of benzene rings is 6. The van der Waals surface area contributed by atoms with Gasteiger partial charge in [0.1, 0.15) is 34.5 Å². The Morgan fingerprint density at radius 1 is 0.327 bits per heavy atom. The van der Waals surface area contributed by atoms with E-state index in [0.717, 1.165) is 33.4 Å². The first kappa shape index (κ1) is 33.0. The van der Waals surface area contributed by atoms with E-state index in [-0.39, 0.29) is 34.5 Å². The summed E-state index contributed by atoms with van der Waals surface area (Å²) >= 11 is 0. The van der Waals surface area contributed by atoms with Crippen LogP contribution in [0.1, 0.15) is 78.6 Å². The highest BCUT2D eigenvalue weighted by Crippen LogP contribution is 2.46. The van der Waals surface area contributed by atoms with Crippen LogP contribution in [0.3, 0.4) is 0 Å². The first-order valence-electron chi connectivity index (χ1n) is 16.2. The van der Waals surface area contributed by atoms with Gasteiger partial charge in [0.05, 0.1) is 0 Å². The third kappa shape index (κ3) is 6.76. The molecule has 0 bridgehead atoms. The summed E-state index contributed by atoms with van der Waals surface area (Å²) in [6.07, 6.45) is 0.416. The van der Waals surface area contributed by atoms with E-state index < -0.39 is 11.8 Å². The minimum Gasteiger partial charge on any atom is -0.508 e. The number of aryl methyl sites for hydroxylation is 4. The van der Waals surface area contributed by atoms with Crippen molar-refractivity contribution in [2.45, 2.75) is 46.0 Å². The van der Waals surface area contributed by atoms with Crippen LogP contribution in [0.5, 0.6) is 34.5 Å². The molecular formula is C43H40O6. The Balaban J connectivity index is 1.47. The monoisotopic (exact) mass is 652 g/mol. The topological polar surface area (TPSA) is 121 Å². The lowest BCUT2D eigenvalue weighted by Crippen LogP contribution is -2.07. The molecule has 6 aromatic carbocycles. The molecule has 0 radical (unpaired) electrons. The van der Waals surface area contributed by atoms with Crippen molar-refractivity contribution in [3.63, 3.8) is 0 Å². The van der Waals surface area contributed by atoms with Gasteiger partial charge in [0, 0.05) is 45.2 Å². The summed E-state index contributed by atoms with van der Waals surface area (Å²) in [7, 11) is 0. The molecule has 0 aliphatic carbocycles. The lowest BCUT2D eigenvalue weighted by atomic mass is 9.81. The molecular weight excluding hydrogens is 612 g/mol. The molecule has 6 N–H and O–H groups in total. The maximum atomic E-state index is 11.3. The number of rotatable bonds is 8. The average Bonchev–Trinajstić information content (AvgIpc) is 3.06. The van der Waals surface area contributed by atoms with Crippen molar-refractivity contribution >= 4 is 0 Å². The Hall–Kier alpha value is -5.88. The largest absolute Gasteiger partial charge is 0.508 e. The second-order valence-electron chi connectivity index (χ2n) is 13.1. The molecule has 0 atom stereocenters. The van der Waals surface area contributed by atoms with Crippen LogP contribution in [0.25, 0.3) is 0 Å². The average molecular weight is 653 g/mol. The molecule has 0 spiro atoms. The zero-order chi connectivity index (χ0) is 35.0. The van der Waals surface area contributed by atoms with E-state index in [0.29, 0.717) is 39.8 Å². The minimum absolute atomic E-state index is 0.0202. The van der Waals surface area contributed by atoms with E-state index in [4.69, 9.17) is 0 Å². The number of phenolic OH excluding ortho intramolecular Hbond substituents is 6. The fourth-order valence-corrected chi connectivity index (χ4v) is 6.75. The summed E-state index contributed by atoms with van der Waals surface area (Å²) in [5.74, 6) is -1.10. The van der Waals surface area contributed by atoms with Gasteiger partial charge in [-0.25, -0.2) is 0 Å². The van der Waals surface area contributed by atoms with Crippen molar-refractivity contribution in [2.24, 2.45) is 0 Å². The van der Waals surface area contributed by atoms with E-state index in [9.17, 15) is 30.6 Å². The lowest BCUT2D eigenvalue weighted by Gasteiger charge is -2.24. The van der Waals surface area contributed by atoms with E-state index in [1.807, 2.05) is 100 Å². The molecule has 0 aliphatic heterocycles. The summed E-state index contributed by atoms with van der Waals surface area (Å²) in [6, 6.07) is 31.8. The van der Waals surface area contributed by atoms with Crippen LogP contribution in [-0.2, 0) is 6.42 Å². The first-order chi connectivity index (χ1) is 23.4. The summed E-state index contributed by atoms with van der Waals surface area (Å²) in [6.45, 7) is 7.70. The lowest BCUT2D eigenvalue weighted by molar-refractivity contribution is 0.449. The fraction of sp³-hybridized carbons (Fsp3) is 0.163. The zero-order valence-corrected chi connectivity index (χ0v) is 27.9. The van der Waals surface area contributed by atoms with Gasteiger partial charge in [-0.2, -0.15) is 0 Å². The van der Waals surface area contributed by atoms with Crippen LogP contribution >= 0.6 is 0 Å². The van der Waals surface area contributed by atoms with E-state index in [1.54, 1.807) is 36.4 Å². The molecule has 6 heteroatoms. The highest BCUT2D eigenvalue weighted by molar-refractivity contribution is 5.60. The number of phenols is 6. The molecule has 49 heavy (non-hydrogen) atoms. The van der Waals surface area contributed by atoms with Gasteiger partial charge >= 0.3 is 0 Å². The van der Waals surface area contributed by atoms with Crippen molar-refractivity contribution < 1.29 is 30.6 Å². The summed E-state index contributed by atoms with van der Waals surface area (Å²) in [5, 5.41) is 66.7. The van der Waals surface area contributed by atoms with Gasteiger partial charge in [-0.05, 0) is 81.6 Å². The maximum Gasteiger partial charge on any atom is 0.119 e. The predicted octanol–water partition coefficient (Wildman–Crippen LogP) is 9.11. The Morgan fingerprint density at radius 3 is 0.816 bits per heavy atom. The molecule has 0 aliphatic rings. The molecule has 0 fully saturated rings. The standard InChI is InChI=1S/C43H40O6/c1-24-5-11-36(44)30(17-24)42(31-18-25(2)6-12-37(31)45)34-22-28(9-15-40(34)48)21-29-10-16-41(49)35(23-29)43(32-19-26(3)7-13-38(32)46)33-20-27(4)8-14-39(33)47/h5-20,22-23,42-49H,21H2,1-4H3. The smallest absolute Gasteiger partial charge is 0.119 e. The highest BCUT2D eigenvalue weighted by atomic mass is 16.3. The van der Waals surface area contributed by atoms with Gasteiger partial charge in [-0.15, -0.1) is 0 Å². The molecule has 6 aromatic rings. The Morgan fingerprint density at radius 2 is 0.551 bits per heavy atom. The van der Waals surface area contributed by atoms with Crippen molar-refractivity contribution in [2.75, 3.05) is 0 Å². The quantitative estimate of drug-likeness (QED) is 0.0913. The number of hydrogen-bond acceptors (Lipinski definition) is 6. The Kier molecular flexibility index (Phi) is 8.98. The van der Waals surface area contributed by atoms with E-state index in [2.05, 4.69) is 0 Å². The van der Waals surface area contributed by atoms with Gasteiger partial charge in [-0.1, -0.05) is 95.1 Å². The highest BCUT2D eigenvalue weighted by Gasteiger charge is 2.28. The van der Waals surface area contributed by atoms with Crippen molar-refractivity contribution in [3.8, 4) is 34.5 Å². The van der Waals surface area contributed by atoms with Gasteiger partial charge in [0.25, 0.3) is 0 Å². The third-order valence-corrected chi connectivity index (χ3v) is 9.19. The molecule has 6 nitrogen and oxygen atoms in total. The molecule has 248 valence electrons. The second kappa shape index (κ2) is 13.3. The van der Waals surface area contributed by atoms with Crippen LogP contribution in [0.2, 0.25) is 0 Å². The molecule has 0 heterocycles. The second-order valence-corrected chi connectivity index (χ2v) is 13.1. The molecule has 0 unspecified atom stereocenters. The SMILES string of the molecule is Cc1ccc(O)c(C(c2cc(C)ccc2O)c2cc(Cc3ccc(O)c(C(c4cc(C)ccc4O)c4cc(C)ccc4O)c3)ccc2O)c1.